The second-order valence-corrected chi connectivity index (χ2v) is 19.8. The van der Waals surface area contributed by atoms with Crippen LogP contribution in [-0.2, 0) is 12.8 Å². The standard InChI is InChI=1S/C69H59N3/c1-4-50(52-28-37-63(38-29-52)71(61-18-12-7-13-19-61)65-41-32-54-26-27-56(54)45-65)44-49(3)51-22-24-53(25-23-51)57-33-42-68-66(46-57)67-47-58(34-43-69(67)72(68)64-35-20-48(2)21-36-64)55-30-39-62(40-31-55)70(59-14-8-5-9-15-59)60-16-10-6-11-17-60/h5-25,28-43,45-47,49-50H,4,26-27,44H2,1-3H3. The van der Waals surface area contributed by atoms with Gasteiger partial charge in [-0.2, -0.15) is 0 Å². The number of benzene rings is 10. The van der Waals surface area contributed by atoms with E-state index < -0.39 is 0 Å². The molecule has 3 heteroatoms. The van der Waals surface area contributed by atoms with Crippen LogP contribution in [0.25, 0.3) is 49.7 Å². The van der Waals surface area contributed by atoms with Gasteiger partial charge in [0.25, 0.3) is 0 Å². The summed E-state index contributed by atoms with van der Waals surface area (Å²) in [7, 11) is 0. The quantitative estimate of drug-likeness (QED) is 0.108. The normalized spacial score (nSPS) is 12.8. The van der Waals surface area contributed by atoms with Crippen molar-refractivity contribution >= 4 is 55.9 Å². The zero-order chi connectivity index (χ0) is 48.5. The smallest absolute Gasteiger partial charge is 0.0541 e. The summed E-state index contributed by atoms with van der Waals surface area (Å²) in [5.41, 5.74) is 22.4. The summed E-state index contributed by atoms with van der Waals surface area (Å²) >= 11 is 0. The Morgan fingerprint density at radius 2 is 0.833 bits per heavy atom. The SMILES string of the molecule is CCC(CC(C)c1ccc(-c2ccc3c(c2)c2cc(-c4ccc(N(c5ccccc5)c5ccccc5)cc4)ccc2n3-c2ccc(C)cc2)cc1)c1ccc(N(c2ccccc2)c2ccc3c(c2)CC3)cc1. The molecule has 2 unspecified atom stereocenters. The molecule has 2 atom stereocenters. The molecule has 0 amide bonds. The van der Waals surface area contributed by atoms with Crippen molar-refractivity contribution in [3.63, 3.8) is 0 Å². The Balaban J connectivity index is 0.819. The molecule has 0 saturated heterocycles. The van der Waals surface area contributed by atoms with Crippen molar-refractivity contribution in [3.8, 4) is 27.9 Å². The van der Waals surface area contributed by atoms with E-state index >= 15 is 0 Å². The molecule has 1 aliphatic rings. The third-order valence-corrected chi connectivity index (χ3v) is 15.2. The van der Waals surface area contributed by atoms with Crippen LogP contribution in [0.4, 0.5) is 34.1 Å². The molecule has 3 nitrogen and oxygen atoms in total. The van der Waals surface area contributed by atoms with Crippen molar-refractivity contribution in [3.05, 3.63) is 270 Å². The fourth-order valence-corrected chi connectivity index (χ4v) is 11.1. The van der Waals surface area contributed by atoms with Gasteiger partial charge >= 0.3 is 0 Å². The highest BCUT2D eigenvalue weighted by Crippen LogP contribution is 2.42. The lowest BCUT2D eigenvalue weighted by atomic mass is 9.84. The Morgan fingerprint density at radius 3 is 1.32 bits per heavy atom. The molecule has 0 aliphatic heterocycles. The number of para-hydroxylation sites is 3. The van der Waals surface area contributed by atoms with E-state index in [1.807, 2.05) is 0 Å². The summed E-state index contributed by atoms with van der Waals surface area (Å²) in [6, 6.07) is 89.6. The number of rotatable bonds is 14. The molecule has 0 bridgehead atoms. The minimum Gasteiger partial charge on any atom is -0.311 e. The van der Waals surface area contributed by atoms with Crippen molar-refractivity contribution < 1.29 is 0 Å². The van der Waals surface area contributed by atoms with Gasteiger partial charge in [-0.25, -0.2) is 0 Å². The number of fused-ring (bicyclic) bond motifs is 4. The van der Waals surface area contributed by atoms with Crippen molar-refractivity contribution in [2.75, 3.05) is 9.80 Å². The number of aromatic nitrogens is 1. The summed E-state index contributed by atoms with van der Waals surface area (Å²) in [6.07, 6.45) is 4.56. The third kappa shape index (κ3) is 8.66. The molecule has 0 radical (unpaired) electrons. The maximum Gasteiger partial charge on any atom is 0.0541 e. The van der Waals surface area contributed by atoms with E-state index in [9.17, 15) is 0 Å². The maximum absolute atomic E-state index is 2.42. The highest BCUT2D eigenvalue weighted by atomic mass is 15.1. The predicted molar refractivity (Wildman–Crippen MR) is 306 cm³/mol. The molecule has 350 valence electrons. The van der Waals surface area contributed by atoms with Crippen LogP contribution in [0, 0.1) is 6.92 Å². The summed E-state index contributed by atoms with van der Waals surface area (Å²) in [6.45, 7) is 6.89. The minimum atomic E-state index is 0.411. The molecule has 0 saturated carbocycles. The first-order chi connectivity index (χ1) is 35.5. The zero-order valence-corrected chi connectivity index (χ0v) is 41.4. The summed E-state index contributed by atoms with van der Waals surface area (Å²) in [4.78, 5) is 4.71. The van der Waals surface area contributed by atoms with Crippen LogP contribution < -0.4 is 9.80 Å². The Hall–Kier alpha value is -8.40. The van der Waals surface area contributed by atoms with Crippen molar-refractivity contribution in [1.29, 1.82) is 0 Å². The van der Waals surface area contributed by atoms with Crippen LogP contribution in [0.3, 0.4) is 0 Å². The van der Waals surface area contributed by atoms with E-state index in [2.05, 4.69) is 278 Å². The van der Waals surface area contributed by atoms with Gasteiger partial charge in [-0.1, -0.05) is 153 Å². The topological polar surface area (TPSA) is 11.4 Å². The van der Waals surface area contributed by atoms with Crippen LogP contribution >= 0.6 is 0 Å². The minimum absolute atomic E-state index is 0.411. The number of aryl methyl sites for hydroxylation is 3. The van der Waals surface area contributed by atoms with Crippen LogP contribution in [0.2, 0.25) is 0 Å². The van der Waals surface area contributed by atoms with Gasteiger partial charge in [0.1, 0.15) is 0 Å². The van der Waals surface area contributed by atoms with Crippen LogP contribution in [0.1, 0.15) is 66.3 Å². The van der Waals surface area contributed by atoms with Gasteiger partial charge in [0.2, 0.25) is 0 Å². The van der Waals surface area contributed by atoms with Gasteiger partial charge in [-0.3, -0.25) is 0 Å². The number of nitrogens with zero attached hydrogens (tertiary/aromatic N) is 3. The Morgan fingerprint density at radius 1 is 0.403 bits per heavy atom. The van der Waals surface area contributed by atoms with Crippen LogP contribution in [-0.4, -0.2) is 4.57 Å². The third-order valence-electron chi connectivity index (χ3n) is 15.2. The van der Waals surface area contributed by atoms with Gasteiger partial charge < -0.3 is 14.4 Å². The predicted octanol–water partition coefficient (Wildman–Crippen LogP) is 19.2. The first-order valence-corrected chi connectivity index (χ1v) is 25.8. The van der Waals surface area contributed by atoms with E-state index in [1.54, 1.807) is 0 Å². The van der Waals surface area contributed by atoms with Crippen molar-refractivity contribution in [2.24, 2.45) is 0 Å². The molecular weight excluding hydrogens is 871 g/mol. The Kier molecular flexibility index (Phi) is 12.1. The number of anilines is 6. The van der Waals surface area contributed by atoms with E-state index in [-0.39, 0.29) is 0 Å². The lowest BCUT2D eigenvalue weighted by Crippen LogP contribution is -2.14. The average Bonchev–Trinajstić information content (AvgIpc) is 3.75. The summed E-state index contributed by atoms with van der Waals surface area (Å²) in [5, 5.41) is 2.49. The average molecular weight is 930 g/mol. The lowest BCUT2D eigenvalue weighted by molar-refractivity contribution is 0.544. The molecule has 1 heterocycles. The van der Waals surface area contributed by atoms with E-state index in [4.69, 9.17) is 0 Å². The first kappa shape index (κ1) is 44.8. The monoisotopic (exact) mass is 929 g/mol. The van der Waals surface area contributed by atoms with Crippen molar-refractivity contribution in [1.82, 2.24) is 4.57 Å². The molecule has 11 aromatic rings. The Bertz CT molecular complexity index is 3590. The fraction of sp³-hybridized carbons (Fsp3) is 0.130. The lowest BCUT2D eigenvalue weighted by Gasteiger charge is -2.29. The molecule has 1 aliphatic carbocycles. The molecule has 0 fully saturated rings. The Labute approximate surface area is 424 Å². The number of hydrogen-bond acceptors (Lipinski definition) is 2. The van der Waals surface area contributed by atoms with Gasteiger partial charge in [0.15, 0.2) is 0 Å². The second-order valence-electron chi connectivity index (χ2n) is 19.8. The molecule has 12 rings (SSSR count). The highest BCUT2D eigenvalue weighted by molar-refractivity contribution is 6.11. The number of hydrogen-bond donors (Lipinski definition) is 0. The summed E-state index contributed by atoms with van der Waals surface area (Å²) in [5.74, 6) is 0.874. The molecule has 1 aromatic heterocycles. The van der Waals surface area contributed by atoms with Gasteiger partial charge in [-0.15, -0.1) is 0 Å². The highest BCUT2D eigenvalue weighted by Gasteiger charge is 2.21. The van der Waals surface area contributed by atoms with Crippen LogP contribution in [0.5, 0.6) is 0 Å². The second kappa shape index (κ2) is 19.4. The molecule has 0 spiro atoms. The van der Waals surface area contributed by atoms with Crippen LogP contribution in [0.15, 0.2) is 243 Å². The molecule has 10 aromatic carbocycles. The molecular formula is C69H59N3. The zero-order valence-electron chi connectivity index (χ0n) is 41.4. The van der Waals surface area contributed by atoms with E-state index in [1.165, 1.54) is 107 Å². The maximum atomic E-state index is 2.42. The first-order valence-electron chi connectivity index (χ1n) is 25.8. The van der Waals surface area contributed by atoms with Gasteiger partial charge in [0, 0.05) is 50.6 Å². The molecule has 0 N–H and O–H groups in total. The van der Waals surface area contributed by atoms with Gasteiger partial charge in [-0.05, 0) is 198 Å². The van der Waals surface area contributed by atoms with Gasteiger partial charge in [0.05, 0.1) is 11.0 Å². The summed E-state index contributed by atoms with van der Waals surface area (Å²) < 4.78 is 2.42. The fourth-order valence-electron chi connectivity index (χ4n) is 11.1. The van der Waals surface area contributed by atoms with E-state index in [0.717, 1.165) is 29.9 Å². The van der Waals surface area contributed by atoms with Crippen molar-refractivity contribution in [2.45, 2.75) is 58.3 Å². The van der Waals surface area contributed by atoms with E-state index in [0.29, 0.717) is 11.8 Å². The largest absolute Gasteiger partial charge is 0.311 e. The molecule has 72 heavy (non-hydrogen) atoms.